The minimum Gasteiger partial charge on any atom is -0.462 e. The summed E-state index contributed by atoms with van der Waals surface area (Å²) in [7, 11) is 0. The van der Waals surface area contributed by atoms with Crippen molar-refractivity contribution < 1.29 is 28.6 Å². The SMILES string of the molecule is CC/C=C\C/C=C\C/C=C\C/C=C\C/C=C\C/C=C\C/C=C\CCCC(=O)OC(COC(=O)CCCCCCCCCCC)COC(=O)CCCCCCCCCCCCCCCCCCCCCCCCCCCCCCCC. The molecular weight excluding hydrogens is 985 g/mol. The van der Waals surface area contributed by atoms with E-state index in [1.54, 1.807) is 0 Å². The molecule has 0 saturated carbocycles. The van der Waals surface area contributed by atoms with Crippen LogP contribution in [0.5, 0.6) is 0 Å². The van der Waals surface area contributed by atoms with E-state index in [0.29, 0.717) is 19.3 Å². The number of unbranched alkanes of at least 4 members (excludes halogenated alkanes) is 38. The number of hydrogen-bond acceptors (Lipinski definition) is 6. The lowest BCUT2D eigenvalue weighted by Crippen LogP contribution is -2.30. The van der Waals surface area contributed by atoms with E-state index in [1.165, 1.54) is 212 Å². The van der Waals surface area contributed by atoms with Crippen LogP contribution in [0.4, 0.5) is 0 Å². The van der Waals surface area contributed by atoms with E-state index >= 15 is 0 Å². The molecule has 6 heteroatoms. The van der Waals surface area contributed by atoms with Crippen molar-refractivity contribution in [2.24, 2.45) is 0 Å². The van der Waals surface area contributed by atoms with Crippen LogP contribution in [-0.4, -0.2) is 37.2 Å². The number of hydrogen-bond donors (Lipinski definition) is 0. The highest BCUT2D eigenvalue weighted by Gasteiger charge is 2.19. The third kappa shape index (κ3) is 65.4. The second-order valence-corrected chi connectivity index (χ2v) is 23.1. The van der Waals surface area contributed by atoms with Crippen molar-refractivity contribution in [2.45, 2.75) is 354 Å². The van der Waals surface area contributed by atoms with Gasteiger partial charge in [-0.1, -0.05) is 343 Å². The minimum atomic E-state index is -0.805. The number of carbonyl (C=O) groups is 3. The largest absolute Gasteiger partial charge is 0.462 e. The highest BCUT2D eigenvalue weighted by atomic mass is 16.6. The number of ether oxygens (including phenoxy) is 3. The molecule has 0 heterocycles. The van der Waals surface area contributed by atoms with Crippen LogP contribution in [0.2, 0.25) is 0 Å². The molecule has 0 rings (SSSR count). The fourth-order valence-corrected chi connectivity index (χ4v) is 10.0. The number of esters is 3. The van der Waals surface area contributed by atoms with E-state index in [4.69, 9.17) is 14.2 Å². The monoisotopic (exact) mass is 1110 g/mol. The fraction of sp³-hybridized carbons (Fsp3) is 0.770. The van der Waals surface area contributed by atoms with E-state index in [2.05, 4.69) is 106 Å². The maximum Gasteiger partial charge on any atom is 0.306 e. The summed E-state index contributed by atoms with van der Waals surface area (Å²) in [6, 6.07) is 0. The first kappa shape index (κ1) is 76.6. The van der Waals surface area contributed by atoms with E-state index in [-0.39, 0.29) is 37.5 Å². The van der Waals surface area contributed by atoms with Crippen molar-refractivity contribution >= 4 is 17.9 Å². The van der Waals surface area contributed by atoms with Gasteiger partial charge in [-0.2, -0.15) is 0 Å². The van der Waals surface area contributed by atoms with Crippen molar-refractivity contribution in [3.8, 4) is 0 Å². The van der Waals surface area contributed by atoms with Crippen LogP contribution >= 0.6 is 0 Å². The average Bonchev–Trinajstić information content (AvgIpc) is 3.46. The molecule has 0 N–H and O–H groups in total. The van der Waals surface area contributed by atoms with Crippen molar-refractivity contribution in [3.63, 3.8) is 0 Å². The lowest BCUT2D eigenvalue weighted by Gasteiger charge is -2.18. The molecule has 0 bridgehead atoms. The summed E-state index contributed by atoms with van der Waals surface area (Å²) in [5.41, 5.74) is 0. The Morgan fingerprint density at radius 2 is 0.487 bits per heavy atom. The van der Waals surface area contributed by atoms with Gasteiger partial charge in [0, 0.05) is 19.3 Å². The molecular formula is C74H130O6. The third-order valence-corrected chi connectivity index (χ3v) is 15.2. The second-order valence-electron chi connectivity index (χ2n) is 23.1. The standard InChI is InChI=1S/C74H130O6/c1-4-7-10-13-16-19-21-23-25-27-29-31-33-34-35-36-37-38-39-41-42-44-46-48-50-52-55-58-61-64-67-73(76)79-70-71(69-78-72(75)66-63-60-57-54-18-15-12-9-6-3)80-74(77)68-65-62-59-56-53-51-49-47-45-43-40-32-30-28-26-24-22-20-17-14-11-8-5-2/h8,11,17,20,24,26,30,32,43,45,49,51,56,59,71H,4-7,9-10,12-16,18-19,21-23,25,27-29,31,33-42,44,46-48,50,52-55,57-58,60-70H2,1-3H3/b11-8-,20-17-,26-24-,32-30-,45-43-,51-49-,59-56-. The normalized spacial score (nSPS) is 12.6. The van der Waals surface area contributed by atoms with Crippen molar-refractivity contribution in [2.75, 3.05) is 13.2 Å². The lowest BCUT2D eigenvalue weighted by molar-refractivity contribution is -0.167. The van der Waals surface area contributed by atoms with Gasteiger partial charge in [-0.15, -0.1) is 0 Å². The summed E-state index contributed by atoms with van der Waals surface area (Å²) in [5.74, 6) is -0.944. The Morgan fingerprint density at radius 3 is 0.750 bits per heavy atom. The minimum absolute atomic E-state index is 0.0959. The van der Waals surface area contributed by atoms with E-state index < -0.39 is 6.10 Å². The first-order chi connectivity index (χ1) is 39.5. The topological polar surface area (TPSA) is 78.9 Å². The highest BCUT2D eigenvalue weighted by molar-refractivity contribution is 5.71. The Hall–Kier alpha value is -3.41. The van der Waals surface area contributed by atoms with Gasteiger partial charge in [-0.25, -0.2) is 0 Å². The second kappa shape index (κ2) is 68.1. The molecule has 0 aromatic rings. The maximum atomic E-state index is 12.9. The Kier molecular flexibility index (Phi) is 65.2. The molecule has 0 aromatic heterocycles. The average molecular weight is 1120 g/mol. The molecule has 6 nitrogen and oxygen atoms in total. The zero-order valence-electron chi connectivity index (χ0n) is 53.1. The molecule has 0 aromatic carbocycles. The molecule has 0 aliphatic heterocycles. The van der Waals surface area contributed by atoms with Gasteiger partial charge < -0.3 is 14.2 Å². The summed E-state index contributed by atoms with van der Waals surface area (Å²) in [6.07, 6.45) is 90.7. The first-order valence-corrected chi connectivity index (χ1v) is 34.6. The summed E-state index contributed by atoms with van der Waals surface area (Å²) >= 11 is 0. The maximum absolute atomic E-state index is 12.9. The van der Waals surface area contributed by atoms with Gasteiger partial charge in [-0.05, 0) is 70.6 Å². The van der Waals surface area contributed by atoms with Gasteiger partial charge >= 0.3 is 17.9 Å². The van der Waals surface area contributed by atoms with Crippen molar-refractivity contribution in [1.29, 1.82) is 0 Å². The zero-order valence-corrected chi connectivity index (χ0v) is 53.1. The quantitative estimate of drug-likeness (QED) is 0.0261. The molecule has 1 unspecified atom stereocenters. The van der Waals surface area contributed by atoms with Crippen molar-refractivity contribution in [3.05, 3.63) is 85.1 Å². The van der Waals surface area contributed by atoms with Gasteiger partial charge in [0.15, 0.2) is 6.10 Å². The zero-order chi connectivity index (χ0) is 57.8. The smallest absolute Gasteiger partial charge is 0.306 e. The number of carbonyl (C=O) groups excluding carboxylic acids is 3. The van der Waals surface area contributed by atoms with Crippen LogP contribution in [0.25, 0.3) is 0 Å². The predicted molar refractivity (Wildman–Crippen MR) is 348 cm³/mol. The molecule has 0 aliphatic carbocycles. The Balaban J connectivity index is 4.19. The summed E-state index contributed by atoms with van der Waals surface area (Å²) in [5, 5.41) is 0. The third-order valence-electron chi connectivity index (χ3n) is 15.2. The van der Waals surface area contributed by atoms with Crippen LogP contribution < -0.4 is 0 Å². The molecule has 0 aliphatic rings. The van der Waals surface area contributed by atoms with Gasteiger partial charge in [0.2, 0.25) is 0 Å². The first-order valence-electron chi connectivity index (χ1n) is 34.6. The Labute approximate surface area is 496 Å². The van der Waals surface area contributed by atoms with Gasteiger partial charge in [0.1, 0.15) is 13.2 Å². The van der Waals surface area contributed by atoms with Crippen LogP contribution in [0.15, 0.2) is 85.1 Å². The van der Waals surface area contributed by atoms with Crippen LogP contribution in [0.1, 0.15) is 348 Å². The van der Waals surface area contributed by atoms with Crippen molar-refractivity contribution in [1.82, 2.24) is 0 Å². The van der Waals surface area contributed by atoms with Crippen LogP contribution in [0.3, 0.4) is 0 Å². The summed E-state index contributed by atoms with van der Waals surface area (Å²) < 4.78 is 16.9. The highest BCUT2D eigenvalue weighted by Crippen LogP contribution is 2.18. The van der Waals surface area contributed by atoms with Gasteiger partial charge in [-0.3, -0.25) is 14.4 Å². The Morgan fingerprint density at radius 1 is 0.263 bits per heavy atom. The molecule has 0 fully saturated rings. The summed E-state index contributed by atoms with van der Waals surface area (Å²) in [6.45, 7) is 6.50. The molecule has 0 amide bonds. The lowest BCUT2D eigenvalue weighted by atomic mass is 10.0. The van der Waals surface area contributed by atoms with Gasteiger partial charge in [0.25, 0.3) is 0 Å². The molecule has 1 atom stereocenters. The number of allylic oxidation sites excluding steroid dienone is 14. The molecule has 80 heavy (non-hydrogen) atoms. The van der Waals surface area contributed by atoms with E-state index in [1.807, 2.05) is 0 Å². The molecule has 0 saturated heterocycles. The molecule has 462 valence electrons. The molecule has 0 radical (unpaired) electrons. The van der Waals surface area contributed by atoms with Crippen LogP contribution in [-0.2, 0) is 28.6 Å². The Bertz CT molecular complexity index is 1520. The summed E-state index contributed by atoms with van der Waals surface area (Å²) in [4.78, 5) is 38.2. The predicted octanol–water partition coefficient (Wildman–Crippen LogP) is 23.8. The number of rotatable bonds is 63. The van der Waals surface area contributed by atoms with E-state index in [9.17, 15) is 14.4 Å². The molecule has 0 spiro atoms. The van der Waals surface area contributed by atoms with Gasteiger partial charge in [0.05, 0.1) is 0 Å². The fourth-order valence-electron chi connectivity index (χ4n) is 10.0. The van der Waals surface area contributed by atoms with Crippen LogP contribution in [0, 0.1) is 0 Å². The van der Waals surface area contributed by atoms with E-state index in [0.717, 1.165) is 89.9 Å².